The second-order valence-corrected chi connectivity index (χ2v) is 8.72. The molecule has 0 aromatic heterocycles. The summed E-state index contributed by atoms with van der Waals surface area (Å²) in [6.07, 6.45) is 3.79. The molecule has 1 fully saturated rings. The maximum Gasteiger partial charge on any atom is 0.397 e. The summed E-state index contributed by atoms with van der Waals surface area (Å²) in [6.45, 7) is 6.03. The van der Waals surface area contributed by atoms with Crippen LogP contribution in [-0.2, 0) is 11.2 Å². The normalized spacial score (nSPS) is 23.4. The zero-order chi connectivity index (χ0) is 22.1. The van der Waals surface area contributed by atoms with Gasteiger partial charge in [-0.25, -0.2) is 14.3 Å². The lowest BCUT2D eigenvalue weighted by Crippen LogP contribution is -2.63. The number of amides is 3. The van der Waals surface area contributed by atoms with Crippen molar-refractivity contribution in [3.8, 4) is 0 Å². The molecule has 166 valence electrons. The van der Waals surface area contributed by atoms with Crippen molar-refractivity contribution in [3.63, 3.8) is 0 Å². The number of carbonyl (C=O) groups is 2. The average Bonchev–Trinajstić information content (AvgIpc) is 3.15. The predicted octanol–water partition coefficient (Wildman–Crippen LogP) is 1.91. The van der Waals surface area contributed by atoms with Crippen molar-refractivity contribution in [2.24, 2.45) is 10.9 Å². The van der Waals surface area contributed by atoms with Crippen molar-refractivity contribution >= 4 is 29.4 Å². The third-order valence-electron chi connectivity index (χ3n) is 6.24. The molecule has 3 aliphatic rings. The van der Waals surface area contributed by atoms with Gasteiger partial charge in [-0.2, -0.15) is 0 Å². The van der Waals surface area contributed by atoms with E-state index in [1.54, 1.807) is 7.05 Å². The largest absolute Gasteiger partial charge is 0.397 e. The van der Waals surface area contributed by atoms with Crippen LogP contribution in [0.15, 0.2) is 29.3 Å². The first-order chi connectivity index (χ1) is 15.0. The fourth-order valence-electron chi connectivity index (χ4n) is 4.57. The van der Waals surface area contributed by atoms with Crippen LogP contribution in [-0.4, -0.2) is 82.5 Å². The minimum atomic E-state index is -0.592. The standard InChI is InChI=1S/C23H32N5O3/c1-4-5-7-17-8-10-18(11-9-17)27-14-16(2)15-28-19-20(24-22(27)28)25(3)23(31)26(21(19)30)12-6-13-29/h8-11,16,19,29H,4-7,12-15H2,1-3H3/q+1. The lowest BCUT2D eigenvalue weighted by Gasteiger charge is -2.35. The Morgan fingerprint density at radius 2 is 1.94 bits per heavy atom. The number of guanidine groups is 1. The summed E-state index contributed by atoms with van der Waals surface area (Å²) in [5, 5.41) is 9.17. The second kappa shape index (κ2) is 8.78. The number of aliphatic hydroxyl groups excluding tert-OH is 1. The van der Waals surface area contributed by atoms with Crippen LogP contribution in [0.1, 0.15) is 38.7 Å². The van der Waals surface area contributed by atoms with Crippen LogP contribution in [0.2, 0.25) is 0 Å². The maximum absolute atomic E-state index is 13.3. The SMILES string of the molecule is CCCCc1ccc(N2CC(C)C[N+]3=C2N=C2C3C(=O)N(CCCO)C(=O)N2C)cc1. The number of nitrogens with zero attached hydrogens (tertiary/aromatic N) is 5. The van der Waals surface area contributed by atoms with Crippen LogP contribution in [0.3, 0.4) is 0 Å². The van der Waals surface area contributed by atoms with E-state index in [1.807, 2.05) is 4.58 Å². The number of benzene rings is 1. The van der Waals surface area contributed by atoms with Crippen molar-refractivity contribution in [3.05, 3.63) is 29.8 Å². The van der Waals surface area contributed by atoms with E-state index in [4.69, 9.17) is 10.1 Å². The number of carbonyl (C=O) groups excluding carboxylic acids is 2. The molecule has 3 amide bonds. The molecule has 8 heteroatoms. The molecule has 3 aliphatic heterocycles. The summed E-state index contributed by atoms with van der Waals surface area (Å²) < 4.78 is 2.03. The molecule has 0 bridgehead atoms. The Balaban J connectivity index is 1.67. The van der Waals surface area contributed by atoms with Crippen molar-refractivity contribution in [1.29, 1.82) is 0 Å². The van der Waals surface area contributed by atoms with E-state index in [-0.39, 0.29) is 25.1 Å². The summed E-state index contributed by atoms with van der Waals surface area (Å²) in [4.78, 5) is 35.7. The molecule has 0 aliphatic carbocycles. The quantitative estimate of drug-likeness (QED) is 0.676. The van der Waals surface area contributed by atoms with E-state index in [0.29, 0.717) is 24.7 Å². The number of aryl methyl sites for hydroxylation is 1. The van der Waals surface area contributed by atoms with Crippen molar-refractivity contribution < 1.29 is 19.3 Å². The summed E-state index contributed by atoms with van der Waals surface area (Å²) in [7, 11) is 1.67. The van der Waals surface area contributed by atoms with Gasteiger partial charge in [0.2, 0.25) is 11.9 Å². The van der Waals surface area contributed by atoms with Gasteiger partial charge in [0, 0.05) is 26.1 Å². The van der Waals surface area contributed by atoms with Crippen molar-refractivity contribution in [1.82, 2.24) is 9.80 Å². The number of aliphatic imine (C=N–C) groups is 1. The number of hydrogen-bond acceptors (Lipinski definition) is 5. The van der Waals surface area contributed by atoms with Gasteiger partial charge in [-0.1, -0.05) is 37.4 Å². The van der Waals surface area contributed by atoms with E-state index in [9.17, 15) is 9.59 Å². The number of unbranched alkanes of at least 4 members (excludes halogenated alkanes) is 1. The molecule has 1 aromatic rings. The molecule has 2 unspecified atom stereocenters. The Labute approximate surface area is 183 Å². The number of rotatable bonds is 7. The third kappa shape index (κ3) is 3.84. The van der Waals surface area contributed by atoms with Crippen LogP contribution >= 0.6 is 0 Å². The minimum absolute atomic E-state index is 0.0630. The van der Waals surface area contributed by atoms with Crippen molar-refractivity contribution in [2.75, 3.05) is 38.2 Å². The number of aliphatic hydroxyl groups is 1. The van der Waals surface area contributed by atoms with Crippen LogP contribution in [0.5, 0.6) is 0 Å². The molecular weight excluding hydrogens is 394 g/mol. The summed E-state index contributed by atoms with van der Waals surface area (Å²) in [5.41, 5.74) is 2.37. The summed E-state index contributed by atoms with van der Waals surface area (Å²) in [6, 6.07) is 7.62. The number of hydrogen-bond donors (Lipinski definition) is 1. The number of amidine groups is 1. The summed E-state index contributed by atoms with van der Waals surface area (Å²) >= 11 is 0. The highest BCUT2D eigenvalue weighted by Gasteiger charge is 2.54. The molecule has 3 heterocycles. The Hall–Kier alpha value is -2.74. The van der Waals surface area contributed by atoms with Gasteiger partial charge >= 0.3 is 12.0 Å². The fourth-order valence-corrected chi connectivity index (χ4v) is 4.57. The maximum atomic E-state index is 13.3. The van der Waals surface area contributed by atoms with Crippen LogP contribution in [0, 0.1) is 5.92 Å². The van der Waals surface area contributed by atoms with E-state index in [0.717, 1.165) is 24.6 Å². The molecule has 0 saturated carbocycles. The summed E-state index contributed by atoms with van der Waals surface area (Å²) in [5.74, 6) is 1.30. The Kier molecular flexibility index (Phi) is 6.09. The molecule has 31 heavy (non-hydrogen) atoms. The zero-order valence-electron chi connectivity index (χ0n) is 18.6. The van der Waals surface area contributed by atoms with Gasteiger partial charge in [-0.3, -0.25) is 14.6 Å². The molecule has 2 atom stereocenters. The topological polar surface area (TPSA) is 79.5 Å². The molecule has 0 radical (unpaired) electrons. The average molecular weight is 427 g/mol. The highest BCUT2D eigenvalue weighted by atomic mass is 16.3. The smallest absolute Gasteiger partial charge is 0.396 e. The van der Waals surface area contributed by atoms with Crippen LogP contribution < -0.4 is 4.90 Å². The van der Waals surface area contributed by atoms with Gasteiger partial charge in [-0.05, 0) is 37.0 Å². The van der Waals surface area contributed by atoms with E-state index in [2.05, 4.69) is 43.0 Å². The Morgan fingerprint density at radius 3 is 2.61 bits per heavy atom. The molecule has 0 spiro atoms. The monoisotopic (exact) mass is 426 g/mol. The molecule has 1 N–H and O–H groups in total. The predicted molar refractivity (Wildman–Crippen MR) is 119 cm³/mol. The number of anilines is 1. The number of likely N-dealkylation sites (N-methyl/N-ethyl adjacent to an activating group) is 1. The van der Waals surface area contributed by atoms with Crippen LogP contribution in [0.4, 0.5) is 10.5 Å². The van der Waals surface area contributed by atoms with E-state index in [1.165, 1.54) is 28.2 Å². The lowest BCUT2D eigenvalue weighted by molar-refractivity contribution is -0.545. The van der Waals surface area contributed by atoms with Gasteiger partial charge in [-0.15, -0.1) is 0 Å². The first kappa shape index (κ1) is 21.5. The van der Waals surface area contributed by atoms with Crippen molar-refractivity contribution in [2.45, 2.75) is 45.6 Å². The molecule has 1 aromatic carbocycles. The second-order valence-electron chi connectivity index (χ2n) is 8.72. The van der Waals surface area contributed by atoms with Crippen LogP contribution in [0.25, 0.3) is 0 Å². The van der Waals surface area contributed by atoms with Gasteiger partial charge < -0.3 is 5.11 Å². The van der Waals surface area contributed by atoms with Gasteiger partial charge in [0.15, 0.2) is 0 Å². The molecular formula is C23H32N5O3+. The number of imide groups is 1. The van der Waals surface area contributed by atoms with E-state index >= 15 is 0 Å². The van der Waals surface area contributed by atoms with Gasteiger partial charge in [0.05, 0.1) is 13.1 Å². The third-order valence-corrected chi connectivity index (χ3v) is 6.24. The molecule has 1 saturated heterocycles. The zero-order valence-corrected chi connectivity index (χ0v) is 18.6. The lowest BCUT2D eigenvalue weighted by atomic mass is 10.0. The Morgan fingerprint density at radius 1 is 1.19 bits per heavy atom. The first-order valence-corrected chi connectivity index (χ1v) is 11.2. The fraction of sp³-hybridized carbons (Fsp3) is 0.565. The Bertz CT molecular complexity index is 924. The molecule has 8 nitrogen and oxygen atoms in total. The van der Waals surface area contributed by atoms with E-state index < -0.39 is 6.04 Å². The van der Waals surface area contributed by atoms with Gasteiger partial charge in [0.25, 0.3) is 5.91 Å². The molecule has 4 rings (SSSR count). The number of fused-ring (bicyclic) bond motifs is 2. The minimum Gasteiger partial charge on any atom is -0.396 e. The highest BCUT2D eigenvalue weighted by Crippen LogP contribution is 2.28. The number of urea groups is 1. The van der Waals surface area contributed by atoms with Gasteiger partial charge in [0.1, 0.15) is 5.69 Å². The first-order valence-electron chi connectivity index (χ1n) is 11.2. The highest BCUT2D eigenvalue weighted by molar-refractivity contribution is 6.24.